The van der Waals surface area contributed by atoms with Gasteiger partial charge in [-0.15, -0.1) is 0 Å². The molecule has 0 bridgehead atoms. The molecule has 0 amide bonds. The second-order valence-corrected chi connectivity index (χ2v) is 6.87. The van der Waals surface area contributed by atoms with E-state index in [2.05, 4.69) is 65.9 Å². The van der Waals surface area contributed by atoms with Crippen LogP contribution in [0.15, 0.2) is 12.1 Å². The molecule has 19 heavy (non-hydrogen) atoms. The largest absolute Gasteiger partial charge is 0.493 e. The quantitative estimate of drug-likeness (QED) is 0.858. The van der Waals surface area contributed by atoms with E-state index >= 15 is 0 Å². The molecule has 2 heteroatoms. The smallest absolute Gasteiger partial charge is 0.125 e. The standard InChI is InChI=1S/C17H29NO/c1-12(2)11-19-16-13(3)8-15(9-14(16)4)10-18-17(5,6)7/h8-9,12,18H,10-11H2,1-7H3. The molecule has 1 aromatic carbocycles. The van der Waals surface area contributed by atoms with E-state index in [0.717, 1.165) is 18.9 Å². The molecule has 0 aliphatic heterocycles. The van der Waals surface area contributed by atoms with Crippen LogP contribution in [0.25, 0.3) is 0 Å². The molecular weight excluding hydrogens is 234 g/mol. The van der Waals surface area contributed by atoms with Gasteiger partial charge in [0.2, 0.25) is 0 Å². The monoisotopic (exact) mass is 263 g/mol. The van der Waals surface area contributed by atoms with Crippen LogP contribution in [-0.4, -0.2) is 12.1 Å². The Morgan fingerprint density at radius 2 is 1.63 bits per heavy atom. The topological polar surface area (TPSA) is 21.3 Å². The van der Waals surface area contributed by atoms with Gasteiger partial charge in [0, 0.05) is 12.1 Å². The molecule has 0 aliphatic rings. The molecule has 0 heterocycles. The number of rotatable bonds is 5. The minimum absolute atomic E-state index is 0.147. The molecule has 2 nitrogen and oxygen atoms in total. The zero-order valence-electron chi connectivity index (χ0n) is 13.6. The van der Waals surface area contributed by atoms with Gasteiger partial charge in [-0.25, -0.2) is 0 Å². The molecule has 1 aromatic rings. The molecule has 0 aliphatic carbocycles. The fourth-order valence-electron chi connectivity index (χ4n) is 1.99. The van der Waals surface area contributed by atoms with Gasteiger partial charge in [-0.1, -0.05) is 26.0 Å². The summed E-state index contributed by atoms with van der Waals surface area (Å²) in [7, 11) is 0. The highest BCUT2D eigenvalue weighted by molar-refractivity contribution is 5.43. The van der Waals surface area contributed by atoms with E-state index in [1.165, 1.54) is 16.7 Å². The molecule has 0 saturated heterocycles. The summed E-state index contributed by atoms with van der Waals surface area (Å²) < 4.78 is 5.91. The van der Waals surface area contributed by atoms with E-state index in [0.29, 0.717) is 5.92 Å². The van der Waals surface area contributed by atoms with Crippen LogP contribution in [0.5, 0.6) is 5.75 Å². The maximum absolute atomic E-state index is 5.91. The van der Waals surface area contributed by atoms with Crippen molar-refractivity contribution >= 4 is 0 Å². The lowest BCUT2D eigenvalue weighted by molar-refractivity contribution is 0.267. The average Bonchev–Trinajstić information content (AvgIpc) is 2.23. The second kappa shape index (κ2) is 6.42. The molecule has 0 unspecified atom stereocenters. The lowest BCUT2D eigenvalue weighted by Gasteiger charge is -2.21. The van der Waals surface area contributed by atoms with Crippen LogP contribution in [0.3, 0.4) is 0 Å². The van der Waals surface area contributed by atoms with Gasteiger partial charge >= 0.3 is 0 Å². The van der Waals surface area contributed by atoms with Crippen molar-refractivity contribution in [1.82, 2.24) is 5.32 Å². The van der Waals surface area contributed by atoms with Crippen LogP contribution in [0.1, 0.15) is 51.3 Å². The summed E-state index contributed by atoms with van der Waals surface area (Å²) in [6, 6.07) is 4.45. The molecule has 0 atom stereocenters. The maximum atomic E-state index is 5.91. The molecule has 0 spiro atoms. The normalized spacial score (nSPS) is 12.0. The first-order chi connectivity index (χ1) is 8.69. The van der Waals surface area contributed by atoms with Crippen LogP contribution in [0, 0.1) is 19.8 Å². The van der Waals surface area contributed by atoms with E-state index in [4.69, 9.17) is 4.74 Å². The lowest BCUT2D eigenvalue weighted by Crippen LogP contribution is -2.35. The Morgan fingerprint density at radius 3 is 2.05 bits per heavy atom. The molecular formula is C17H29NO. The zero-order chi connectivity index (χ0) is 14.6. The summed E-state index contributed by atoms with van der Waals surface area (Å²) >= 11 is 0. The van der Waals surface area contributed by atoms with E-state index in [1.54, 1.807) is 0 Å². The SMILES string of the molecule is Cc1cc(CNC(C)(C)C)cc(C)c1OCC(C)C. The summed E-state index contributed by atoms with van der Waals surface area (Å²) in [4.78, 5) is 0. The van der Waals surface area contributed by atoms with Crippen molar-refractivity contribution in [2.24, 2.45) is 5.92 Å². The average molecular weight is 263 g/mol. The van der Waals surface area contributed by atoms with Crippen molar-refractivity contribution < 1.29 is 4.74 Å². The van der Waals surface area contributed by atoms with E-state index in [-0.39, 0.29) is 5.54 Å². The predicted molar refractivity (Wildman–Crippen MR) is 82.8 cm³/mol. The summed E-state index contributed by atoms with van der Waals surface area (Å²) in [6.45, 7) is 16.8. The highest BCUT2D eigenvalue weighted by Gasteiger charge is 2.11. The number of hydrogen-bond acceptors (Lipinski definition) is 2. The van der Waals surface area contributed by atoms with E-state index in [9.17, 15) is 0 Å². The van der Waals surface area contributed by atoms with Crippen LogP contribution >= 0.6 is 0 Å². The van der Waals surface area contributed by atoms with E-state index < -0.39 is 0 Å². The minimum Gasteiger partial charge on any atom is -0.493 e. The van der Waals surface area contributed by atoms with Crippen molar-refractivity contribution in [3.8, 4) is 5.75 Å². The number of nitrogens with one attached hydrogen (secondary N) is 1. The molecule has 108 valence electrons. The molecule has 1 rings (SSSR count). The summed E-state index contributed by atoms with van der Waals surface area (Å²) in [5, 5.41) is 3.52. The van der Waals surface area contributed by atoms with Crippen LogP contribution < -0.4 is 10.1 Å². The zero-order valence-corrected chi connectivity index (χ0v) is 13.6. The van der Waals surface area contributed by atoms with Gasteiger partial charge < -0.3 is 10.1 Å². The molecule has 0 radical (unpaired) electrons. The molecule has 0 aromatic heterocycles. The number of ether oxygens (including phenoxy) is 1. The predicted octanol–water partition coefficient (Wildman–Crippen LogP) is 4.23. The molecule has 0 fully saturated rings. The summed E-state index contributed by atoms with van der Waals surface area (Å²) in [6.07, 6.45) is 0. The van der Waals surface area contributed by atoms with Gasteiger partial charge in [-0.3, -0.25) is 0 Å². The Balaban J connectivity index is 2.79. The highest BCUT2D eigenvalue weighted by atomic mass is 16.5. The fraction of sp³-hybridized carbons (Fsp3) is 0.647. The Hall–Kier alpha value is -1.02. The van der Waals surface area contributed by atoms with Crippen LogP contribution in [0.2, 0.25) is 0 Å². The van der Waals surface area contributed by atoms with Crippen LogP contribution in [-0.2, 0) is 6.54 Å². The molecule has 1 N–H and O–H groups in total. The van der Waals surface area contributed by atoms with Gasteiger partial charge in [-0.05, 0) is 57.2 Å². The van der Waals surface area contributed by atoms with Gasteiger partial charge in [0.05, 0.1) is 6.61 Å². The Morgan fingerprint density at radius 1 is 1.11 bits per heavy atom. The Kier molecular flexibility index (Phi) is 5.42. The third kappa shape index (κ3) is 5.65. The maximum Gasteiger partial charge on any atom is 0.125 e. The second-order valence-electron chi connectivity index (χ2n) is 6.87. The van der Waals surface area contributed by atoms with Crippen molar-refractivity contribution in [2.45, 2.75) is 60.5 Å². The summed E-state index contributed by atoms with van der Waals surface area (Å²) in [5.41, 5.74) is 3.92. The number of hydrogen-bond donors (Lipinski definition) is 1. The van der Waals surface area contributed by atoms with Gasteiger partial charge in [0.1, 0.15) is 5.75 Å². The Bertz CT molecular complexity index is 393. The third-order valence-corrected chi connectivity index (χ3v) is 2.90. The fourth-order valence-corrected chi connectivity index (χ4v) is 1.99. The van der Waals surface area contributed by atoms with Crippen molar-refractivity contribution in [2.75, 3.05) is 6.61 Å². The third-order valence-electron chi connectivity index (χ3n) is 2.90. The van der Waals surface area contributed by atoms with Gasteiger partial charge in [0.15, 0.2) is 0 Å². The Labute approximate surface area is 118 Å². The summed E-state index contributed by atoms with van der Waals surface area (Å²) in [5.74, 6) is 1.61. The highest BCUT2D eigenvalue weighted by Crippen LogP contribution is 2.25. The van der Waals surface area contributed by atoms with Crippen molar-refractivity contribution in [1.29, 1.82) is 0 Å². The first-order valence-corrected chi connectivity index (χ1v) is 7.17. The number of benzene rings is 1. The van der Waals surface area contributed by atoms with Gasteiger partial charge in [-0.2, -0.15) is 0 Å². The van der Waals surface area contributed by atoms with E-state index in [1.807, 2.05) is 0 Å². The molecule has 0 saturated carbocycles. The first-order valence-electron chi connectivity index (χ1n) is 7.17. The van der Waals surface area contributed by atoms with Crippen molar-refractivity contribution in [3.63, 3.8) is 0 Å². The van der Waals surface area contributed by atoms with Crippen molar-refractivity contribution in [3.05, 3.63) is 28.8 Å². The van der Waals surface area contributed by atoms with Crippen LogP contribution in [0.4, 0.5) is 0 Å². The lowest BCUT2D eigenvalue weighted by atomic mass is 10.0. The number of aryl methyl sites for hydroxylation is 2. The van der Waals surface area contributed by atoms with Gasteiger partial charge in [0.25, 0.3) is 0 Å². The minimum atomic E-state index is 0.147. The first kappa shape index (κ1) is 16.0.